The Kier molecular flexibility index (Phi) is 3.61. The summed E-state index contributed by atoms with van der Waals surface area (Å²) in [5.74, 6) is 0. The number of aryl methyl sites for hydroxylation is 1. The molecule has 0 bridgehead atoms. The molecule has 3 unspecified atom stereocenters. The second kappa shape index (κ2) is 5.43. The van der Waals surface area contributed by atoms with Gasteiger partial charge in [0.2, 0.25) is 0 Å². The highest BCUT2D eigenvalue weighted by Gasteiger charge is 2.37. The molecule has 1 aliphatic carbocycles. The first-order chi connectivity index (χ1) is 9.81. The van der Waals surface area contributed by atoms with E-state index in [4.69, 9.17) is 0 Å². The second-order valence-corrected chi connectivity index (χ2v) is 7.51. The van der Waals surface area contributed by atoms with Crippen molar-refractivity contribution in [1.82, 2.24) is 10.2 Å². The first-order valence-corrected chi connectivity index (χ1v) is 8.89. The van der Waals surface area contributed by atoms with Crippen molar-refractivity contribution in [2.24, 2.45) is 0 Å². The second-order valence-electron chi connectivity index (χ2n) is 6.60. The minimum absolute atomic E-state index is 0.588. The molecule has 0 amide bonds. The van der Waals surface area contributed by atoms with E-state index in [-0.39, 0.29) is 0 Å². The Labute approximate surface area is 130 Å². The summed E-state index contributed by atoms with van der Waals surface area (Å²) in [4.78, 5) is 2.72. The maximum Gasteiger partial charge on any atom is 0.0329 e. The van der Waals surface area contributed by atoms with Crippen LogP contribution in [0.3, 0.4) is 0 Å². The molecule has 2 fully saturated rings. The van der Waals surface area contributed by atoms with Crippen molar-refractivity contribution in [3.63, 3.8) is 0 Å². The first kappa shape index (κ1) is 13.3. The molecule has 3 heteroatoms. The van der Waals surface area contributed by atoms with Crippen molar-refractivity contribution in [2.75, 3.05) is 13.1 Å². The number of fused-ring (bicyclic) bond motifs is 2. The number of rotatable bonds is 2. The molecule has 1 aromatic carbocycles. The smallest absolute Gasteiger partial charge is 0.0329 e. The fourth-order valence-corrected chi connectivity index (χ4v) is 4.87. The van der Waals surface area contributed by atoms with Crippen LogP contribution in [0.2, 0.25) is 0 Å². The van der Waals surface area contributed by atoms with E-state index in [1.54, 1.807) is 5.56 Å². The minimum atomic E-state index is 0.588. The van der Waals surface area contributed by atoms with Gasteiger partial charge < -0.3 is 5.32 Å². The van der Waals surface area contributed by atoms with Crippen LogP contribution in [-0.2, 0) is 6.42 Å². The van der Waals surface area contributed by atoms with E-state index in [1.807, 2.05) is 0 Å². The summed E-state index contributed by atoms with van der Waals surface area (Å²) in [6.45, 7) is 2.64. The number of halogens is 1. The lowest BCUT2D eigenvalue weighted by molar-refractivity contribution is 0.176. The van der Waals surface area contributed by atoms with Crippen LogP contribution >= 0.6 is 15.9 Å². The summed E-state index contributed by atoms with van der Waals surface area (Å²) in [5.41, 5.74) is 3.08. The molecule has 0 radical (unpaired) electrons. The fraction of sp³-hybridized carbons (Fsp3) is 0.647. The third-order valence-corrected chi connectivity index (χ3v) is 5.95. The topological polar surface area (TPSA) is 15.3 Å². The summed E-state index contributed by atoms with van der Waals surface area (Å²) < 4.78 is 1.22. The van der Waals surface area contributed by atoms with Gasteiger partial charge in [-0.2, -0.15) is 0 Å². The van der Waals surface area contributed by atoms with Gasteiger partial charge in [-0.1, -0.05) is 28.4 Å². The molecule has 1 N–H and O–H groups in total. The number of hydrogen-bond acceptors (Lipinski definition) is 2. The number of benzene rings is 1. The van der Waals surface area contributed by atoms with E-state index in [9.17, 15) is 0 Å². The van der Waals surface area contributed by atoms with Crippen molar-refractivity contribution < 1.29 is 0 Å². The van der Waals surface area contributed by atoms with Crippen molar-refractivity contribution in [3.05, 3.63) is 33.8 Å². The largest absolute Gasteiger partial charge is 0.306 e. The van der Waals surface area contributed by atoms with Crippen molar-refractivity contribution in [3.8, 4) is 0 Å². The third kappa shape index (κ3) is 2.34. The van der Waals surface area contributed by atoms with Gasteiger partial charge >= 0.3 is 0 Å². The number of hydrogen-bond donors (Lipinski definition) is 1. The Hall–Kier alpha value is -0.380. The zero-order valence-electron chi connectivity index (χ0n) is 11.9. The van der Waals surface area contributed by atoms with Crippen LogP contribution in [-0.4, -0.2) is 30.1 Å². The maximum absolute atomic E-state index is 4.00. The van der Waals surface area contributed by atoms with Crippen LogP contribution in [0.25, 0.3) is 0 Å². The van der Waals surface area contributed by atoms with Gasteiger partial charge in [-0.05, 0) is 61.9 Å². The van der Waals surface area contributed by atoms with Crippen LogP contribution in [0.5, 0.6) is 0 Å². The Morgan fingerprint density at radius 3 is 3.00 bits per heavy atom. The van der Waals surface area contributed by atoms with Gasteiger partial charge in [-0.25, -0.2) is 0 Å². The maximum atomic E-state index is 4.00. The Balaban J connectivity index is 1.48. The van der Waals surface area contributed by atoms with Crippen LogP contribution in [0.1, 0.15) is 49.3 Å². The van der Waals surface area contributed by atoms with Gasteiger partial charge in [-0.15, -0.1) is 0 Å². The molecule has 3 aliphatic rings. The highest BCUT2D eigenvalue weighted by atomic mass is 79.9. The van der Waals surface area contributed by atoms with Crippen molar-refractivity contribution in [2.45, 2.75) is 56.7 Å². The minimum Gasteiger partial charge on any atom is -0.306 e. The molecule has 1 aromatic rings. The Morgan fingerprint density at radius 2 is 2.05 bits per heavy atom. The molecule has 4 rings (SSSR count). The number of nitrogens with one attached hydrogen (secondary N) is 1. The quantitative estimate of drug-likeness (QED) is 0.887. The van der Waals surface area contributed by atoms with Crippen molar-refractivity contribution >= 4 is 15.9 Å². The predicted molar refractivity (Wildman–Crippen MR) is 86.0 cm³/mol. The normalized spacial score (nSPS) is 33.1. The van der Waals surface area contributed by atoms with Gasteiger partial charge in [0.1, 0.15) is 0 Å². The predicted octanol–water partition coefficient (Wildman–Crippen LogP) is 3.65. The van der Waals surface area contributed by atoms with Crippen LogP contribution in [0.15, 0.2) is 22.7 Å². The van der Waals surface area contributed by atoms with Gasteiger partial charge in [0, 0.05) is 29.1 Å². The summed E-state index contributed by atoms with van der Waals surface area (Å²) in [5, 5.41) is 4.00. The van der Waals surface area contributed by atoms with Crippen molar-refractivity contribution in [1.29, 1.82) is 0 Å². The zero-order valence-corrected chi connectivity index (χ0v) is 13.5. The SMILES string of the molecule is Brc1ccc2c(c1)CCC2NC1CCN2CCCCC12. The van der Waals surface area contributed by atoms with Crippen LogP contribution in [0.4, 0.5) is 0 Å². The summed E-state index contributed by atoms with van der Waals surface area (Å²) in [6, 6.07) is 8.93. The molecular weight excluding hydrogens is 312 g/mol. The van der Waals surface area contributed by atoms with Crippen LogP contribution < -0.4 is 5.32 Å². The van der Waals surface area contributed by atoms with E-state index in [0.29, 0.717) is 6.04 Å². The number of piperidine rings is 1. The van der Waals surface area contributed by atoms with E-state index in [0.717, 1.165) is 12.1 Å². The Bertz CT molecular complexity index is 502. The standard InChI is InChI=1S/C17H23BrN2/c18-13-5-6-14-12(11-13)4-7-15(14)19-16-8-10-20-9-2-1-3-17(16)20/h5-6,11,15-17,19H,1-4,7-10H2. The summed E-state index contributed by atoms with van der Waals surface area (Å²) >= 11 is 3.59. The number of nitrogens with zero attached hydrogens (tertiary/aromatic N) is 1. The van der Waals surface area contributed by atoms with Gasteiger partial charge in [0.15, 0.2) is 0 Å². The highest BCUT2D eigenvalue weighted by Crippen LogP contribution is 2.35. The van der Waals surface area contributed by atoms with E-state index >= 15 is 0 Å². The summed E-state index contributed by atoms with van der Waals surface area (Å²) in [7, 11) is 0. The molecule has 2 aliphatic heterocycles. The van der Waals surface area contributed by atoms with Gasteiger partial charge in [-0.3, -0.25) is 4.90 Å². The monoisotopic (exact) mass is 334 g/mol. The summed E-state index contributed by atoms with van der Waals surface area (Å²) in [6.07, 6.45) is 8.07. The van der Waals surface area contributed by atoms with Gasteiger partial charge in [0.25, 0.3) is 0 Å². The van der Waals surface area contributed by atoms with E-state index in [1.165, 1.54) is 61.7 Å². The fourth-order valence-electron chi connectivity index (χ4n) is 4.46. The zero-order chi connectivity index (χ0) is 13.5. The van der Waals surface area contributed by atoms with Gasteiger partial charge in [0.05, 0.1) is 0 Å². The molecule has 0 aromatic heterocycles. The molecule has 2 heterocycles. The lowest BCUT2D eigenvalue weighted by atomic mass is 9.97. The third-order valence-electron chi connectivity index (χ3n) is 5.45. The molecule has 108 valence electrons. The van der Waals surface area contributed by atoms with E-state index in [2.05, 4.69) is 44.3 Å². The van der Waals surface area contributed by atoms with Crippen LogP contribution in [0, 0.1) is 0 Å². The molecule has 2 saturated heterocycles. The lowest BCUT2D eigenvalue weighted by Crippen LogP contribution is -2.45. The molecule has 0 saturated carbocycles. The molecule has 2 nitrogen and oxygen atoms in total. The Morgan fingerprint density at radius 1 is 1.10 bits per heavy atom. The molecular formula is C17H23BrN2. The average Bonchev–Trinajstić information content (AvgIpc) is 3.04. The highest BCUT2D eigenvalue weighted by molar-refractivity contribution is 9.10. The molecule has 3 atom stereocenters. The first-order valence-electron chi connectivity index (χ1n) is 8.10. The average molecular weight is 335 g/mol. The van der Waals surface area contributed by atoms with E-state index < -0.39 is 0 Å². The molecule has 0 spiro atoms. The lowest BCUT2D eigenvalue weighted by Gasteiger charge is -2.34. The molecule has 20 heavy (non-hydrogen) atoms.